The molecule has 0 spiro atoms. The molecule has 0 atom stereocenters. The summed E-state index contributed by atoms with van der Waals surface area (Å²) in [7, 11) is 1.82. The number of nitrogens with one attached hydrogen (secondary N) is 2. The fourth-order valence-electron chi connectivity index (χ4n) is 3.19. The van der Waals surface area contributed by atoms with E-state index in [0.717, 1.165) is 51.4 Å². The molecule has 5 heteroatoms. The maximum absolute atomic E-state index is 6.02. The Morgan fingerprint density at radius 2 is 1.96 bits per heavy atom. The van der Waals surface area contributed by atoms with Crippen LogP contribution in [0.5, 0.6) is 0 Å². The Morgan fingerprint density at radius 1 is 1.20 bits per heavy atom. The van der Waals surface area contributed by atoms with Gasteiger partial charge in [-0.25, -0.2) is 0 Å². The van der Waals surface area contributed by atoms with Gasteiger partial charge in [-0.15, -0.1) is 0 Å². The Labute approximate surface area is 150 Å². The quantitative estimate of drug-likeness (QED) is 0.474. The summed E-state index contributed by atoms with van der Waals surface area (Å²) in [5.41, 5.74) is 2.45. The lowest BCUT2D eigenvalue weighted by Gasteiger charge is -2.22. The zero-order valence-electron chi connectivity index (χ0n) is 15.0. The van der Waals surface area contributed by atoms with Crippen molar-refractivity contribution in [3.8, 4) is 0 Å². The molecule has 2 N–H and O–H groups in total. The second-order valence-electron chi connectivity index (χ2n) is 6.65. The summed E-state index contributed by atoms with van der Waals surface area (Å²) < 4.78 is 11.4. The first kappa shape index (κ1) is 18.0. The van der Waals surface area contributed by atoms with Gasteiger partial charge in [0.25, 0.3) is 0 Å². The average Bonchev–Trinajstić information content (AvgIpc) is 3.18. The first-order valence-electron chi connectivity index (χ1n) is 9.23. The standard InChI is InChI=1S/C20H29N3O2/c1-21-20(23-18-7-2-3-8-18)22-14-16-5-4-6-17(13-16)15-25-19-9-11-24-12-10-19/h2-6,13,18-19H,7-12,14-15H2,1H3,(H2,21,22,23). The molecule has 136 valence electrons. The minimum Gasteiger partial charge on any atom is -0.381 e. The molecule has 3 rings (SSSR count). The van der Waals surface area contributed by atoms with Crippen molar-refractivity contribution in [2.45, 2.75) is 51.0 Å². The molecule has 1 saturated heterocycles. The van der Waals surface area contributed by atoms with Crippen LogP contribution in [0.15, 0.2) is 41.4 Å². The van der Waals surface area contributed by atoms with E-state index in [4.69, 9.17) is 9.47 Å². The summed E-state index contributed by atoms with van der Waals surface area (Å²) in [6.07, 6.45) is 8.90. The Morgan fingerprint density at radius 3 is 2.72 bits per heavy atom. The van der Waals surface area contributed by atoms with Crippen molar-refractivity contribution in [3.05, 3.63) is 47.5 Å². The lowest BCUT2D eigenvalue weighted by molar-refractivity contribution is -0.0390. The average molecular weight is 343 g/mol. The van der Waals surface area contributed by atoms with Gasteiger partial charge in [-0.3, -0.25) is 4.99 Å². The topological polar surface area (TPSA) is 54.9 Å². The van der Waals surface area contributed by atoms with Crippen LogP contribution in [-0.2, 0) is 22.6 Å². The molecule has 0 aromatic heterocycles. The highest BCUT2D eigenvalue weighted by atomic mass is 16.5. The molecular formula is C20H29N3O2. The minimum absolute atomic E-state index is 0.332. The molecule has 1 aromatic rings. The van der Waals surface area contributed by atoms with Crippen molar-refractivity contribution >= 4 is 5.96 Å². The fourth-order valence-corrected chi connectivity index (χ4v) is 3.19. The molecule has 1 aromatic carbocycles. The number of aliphatic imine (C=N–C) groups is 1. The minimum atomic E-state index is 0.332. The largest absolute Gasteiger partial charge is 0.381 e. The van der Waals surface area contributed by atoms with Crippen LogP contribution < -0.4 is 10.6 Å². The molecule has 0 unspecified atom stereocenters. The van der Waals surface area contributed by atoms with E-state index in [2.05, 4.69) is 52.0 Å². The number of guanidine groups is 1. The van der Waals surface area contributed by atoms with Crippen LogP contribution in [0, 0.1) is 0 Å². The van der Waals surface area contributed by atoms with Crippen molar-refractivity contribution in [2.75, 3.05) is 20.3 Å². The molecular weight excluding hydrogens is 314 g/mol. The molecule has 5 nitrogen and oxygen atoms in total. The van der Waals surface area contributed by atoms with E-state index in [1.54, 1.807) is 0 Å². The second kappa shape index (κ2) is 9.59. The van der Waals surface area contributed by atoms with Crippen LogP contribution in [0.2, 0.25) is 0 Å². The molecule has 2 aliphatic rings. The molecule has 1 fully saturated rings. The first-order valence-corrected chi connectivity index (χ1v) is 9.23. The van der Waals surface area contributed by atoms with E-state index >= 15 is 0 Å². The maximum atomic E-state index is 6.02. The number of nitrogens with zero attached hydrogens (tertiary/aromatic N) is 1. The number of benzene rings is 1. The molecule has 0 bridgehead atoms. The highest BCUT2D eigenvalue weighted by Gasteiger charge is 2.14. The molecule has 1 aliphatic heterocycles. The Kier molecular flexibility index (Phi) is 6.89. The third-order valence-electron chi connectivity index (χ3n) is 4.68. The predicted octanol–water partition coefficient (Wildman–Crippen LogP) is 2.77. The van der Waals surface area contributed by atoms with Crippen LogP contribution in [-0.4, -0.2) is 38.4 Å². The predicted molar refractivity (Wildman–Crippen MR) is 101 cm³/mol. The first-order chi connectivity index (χ1) is 12.3. The number of hydrogen-bond acceptors (Lipinski definition) is 3. The van der Waals surface area contributed by atoms with Crippen LogP contribution in [0.4, 0.5) is 0 Å². The molecule has 25 heavy (non-hydrogen) atoms. The van der Waals surface area contributed by atoms with Gasteiger partial charge in [-0.1, -0.05) is 36.4 Å². The molecule has 1 heterocycles. The third kappa shape index (κ3) is 5.87. The van der Waals surface area contributed by atoms with Gasteiger partial charge in [0.05, 0.1) is 12.7 Å². The molecule has 0 amide bonds. The number of hydrogen-bond donors (Lipinski definition) is 2. The van der Waals surface area contributed by atoms with E-state index in [0.29, 0.717) is 18.8 Å². The summed E-state index contributed by atoms with van der Waals surface area (Å²) >= 11 is 0. The van der Waals surface area contributed by atoms with Gasteiger partial charge in [0.15, 0.2) is 5.96 Å². The molecule has 0 saturated carbocycles. The summed E-state index contributed by atoms with van der Waals surface area (Å²) in [5, 5.41) is 6.86. The lowest BCUT2D eigenvalue weighted by Crippen LogP contribution is -2.42. The van der Waals surface area contributed by atoms with Crippen molar-refractivity contribution < 1.29 is 9.47 Å². The van der Waals surface area contributed by atoms with Gasteiger partial charge in [0, 0.05) is 32.8 Å². The second-order valence-corrected chi connectivity index (χ2v) is 6.65. The molecule has 0 radical (unpaired) electrons. The van der Waals surface area contributed by atoms with Gasteiger partial charge in [0.2, 0.25) is 0 Å². The zero-order valence-corrected chi connectivity index (χ0v) is 15.0. The SMILES string of the molecule is CN=C(NCc1cccc(COC2CCOCC2)c1)NC1CC=CC1. The van der Waals surface area contributed by atoms with E-state index < -0.39 is 0 Å². The Hall–Kier alpha value is -1.85. The number of rotatable bonds is 6. The number of ether oxygens (including phenoxy) is 2. The third-order valence-corrected chi connectivity index (χ3v) is 4.68. The van der Waals surface area contributed by atoms with Gasteiger partial charge < -0.3 is 20.1 Å². The van der Waals surface area contributed by atoms with Crippen LogP contribution >= 0.6 is 0 Å². The van der Waals surface area contributed by atoms with Crippen LogP contribution in [0.25, 0.3) is 0 Å². The van der Waals surface area contributed by atoms with Gasteiger partial charge >= 0.3 is 0 Å². The van der Waals surface area contributed by atoms with Gasteiger partial charge in [0.1, 0.15) is 0 Å². The van der Waals surface area contributed by atoms with E-state index in [9.17, 15) is 0 Å². The monoisotopic (exact) mass is 343 g/mol. The smallest absolute Gasteiger partial charge is 0.191 e. The van der Waals surface area contributed by atoms with Gasteiger partial charge in [-0.2, -0.15) is 0 Å². The van der Waals surface area contributed by atoms with Crippen molar-refractivity contribution in [3.63, 3.8) is 0 Å². The summed E-state index contributed by atoms with van der Waals surface area (Å²) in [6, 6.07) is 9.02. The van der Waals surface area contributed by atoms with E-state index in [1.165, 1.54) is 11.1 Å². The van der Waals surface area contributed by atoms with Gasteiger partial charge in [-0.05, 0) is 36.8 Å². The van der Waals surface area contributed by atoms with Crippen LogP contribution in [0.1, 0.15) is 36.8 Å². The normalized spacial score (nSPS) is 19.3. The zero-order chi connectivity index (χ0) is 17.3. The van der Waals surface area contributed by atoms with Crippen LogP contribution in [0.3, 0.4) is 0 Å². The Bertz CT molecular complexity index is 586. The Balaban J connectivity index is 1.45. The fraction of sp³-hybridized carbons (Fsp3) is 0.550. The summed E-state index contributed by atoms with van der Waals surface area (Å²) in [5.74, 6) is 0.859. The van der Waals surface area contributed by atoms with Crippen molar-refractivity contribution in [2.24, 2.45) is 4.99 Å². The highest BCUT2D eigenvalue weighted by Crippen LogP contribution is 2.14. The molecule has 1 aliphatic carbocycles. The maximum Gasteiger partial charge on any atom is 0.191 e. The van der Waals surface area contributed by atoms with Crippen molar-refractivity contribution in [1.29, 1.82) is 0 Å². The van der Waals surface area contributed by atoms with E-state index in [1.807, 2.05) is 7.05 Å². The lowest BCUT2D eigenvalue weighted by atomic mass is 10.1. The van der Waals surface area contributed by atoms with E-state index in [-0.39, 0.29) is 0 Å². The highest BCUT2D eigenvalue weighted by molar-refractivity contribution is 5.80. The van der Waals surface area contributed by atoms with Crippen molar-refractivity contribution in [1.82, 2.24) is 10.6 Å². The summed E-state index contributed by atoms with van der Waals surface area (Å²) in [6.45, 7) is 3.05. The summed E-state index contributed by atoms with van der Waals surface area (Å²) in [4.78, 5) is 4.32.